The van der Waals surface area contributed by atoms with Crippen molar-refractivity contribution in [3.8, 4) is 17.2 Å². The topological polar surface area (TPSA) is 112 Å². The molecule has 0 aliphatic rings. The zero-order valence-electron chi connectivity index (χ0n) is 19.6. The van der Waals surface area contributed by atoms with Gasteiger partial charge in [-0.15, -0.1) is 10.2 Å². The first-order valence-corrected chi connectivity index (χ1v) is 12.4. The van der Waals surface area contributed by atoms with Gasteiger partial charge < -0.3 is 19.5 Å². The van der Waals surface area contributed by atoms with Crippen molar-refractivity contribution in [2.75, 3.05) is 38.9 Å². The third kappa shape index (κ3) is 8.01. The number of hydrogen-bond donors (Lipinski definition) is 2. The van der Waals surface area contributed by atoms with Crippen molar-refractivity contribution in [2.24, 2.45) is 0 Å². The lowest BCUT2D eigenvalue weighted by molar-refractivity contribution is -0.118. The van der Waals surface area contributed by atoms with Gasteiger partial charge in [0, 0.05) is 12.6 Å². The zero-order valence-corrected chi connectivity index (χ0v) is 21.2. The minimum absolute atomic E-state index is 0.0833. The highest BCUT2D eigenvalue weighted by atomic mass is 32.2. The lowest BCUT2D eigenvalue weighted by Gasteiger charge is -2.12. The average Bonchev–Trinajstić information content (AvgIpc) is 3.33. The van der Waals surface area contributed by atoms with E-state index >= 15 is 0 Å². The second-order valence-corrected chi connectivity index (χ2v) is 9.23. The summed E-state index contributed by atoms with van der Waals surface area (Å²) in [5.74, 6) is 1.22. The van der Waals surface area contributed by atoms with E-state index in [0.29, 0.717) is 38.8 Å². The Morgan fingerprint density at radius 1 is 1.03 bits per heavy atom. The molecule has 2 N–H and O–H groups in total. The van der Waals surface area contributed by atoms with Crippen molar-refractivity contribution in [1.29, 1.82) is 0 Å². The summed E-state index contributed by atoms with van der Waals surface area (Å²) < 4.78 is 16.5. The minimum Gasteiger partial charge on any atom is -0.493 e. The Morgan fingerprint density at radius 2 is 1.74 bits per heavy atom. The van der Waals surface area contributed by atoms with Gasteiger partial charge in [-0.25, -0.2) is 0 Å². The van der Waals surface area contributed by atoms with Crippen LogP contribution < -0.4 is 24.8 Å². The molecule has 2 aromatic carbocycles. The van der Waals surface area contributed by atoms with Crippen LogP contribution in [0, 0.1) is 0 Å². The molecule has 0 saturated carbocycles. The quantitative estimate of drug-likeness (QED) is 0.214. The molecule has 1 heterocycles. The molecule has 1 aromatic heterocycles. The lowest BCUT2D eigenvalue weighted by Crippen LogP contribution is -2.27. The summed E-state index contributed by atoms with van der Waals surface area (Å²) in [6.07, 6.45) is 3.77. The number of amides is 2. The van der Waals surface area contributed by atoms with E-state index in [1.54, 1.807) is 18.2 Å². The maximum Gasteiger partial charge on any atom is 0.250 e. The number of carbonyl (C=O) groups is 2. The van der Waals surface area contributed by atoms with Gasteiger partial charge in [-0.1, -0.05) is 53.4 Å². The summed E-state index contributed by atoms with van der Waals surface area (Å²) in [5, 5.41) is 13.9. The number of methoxy groups -OCH3 is 3. The third-order valence-corrected chi connectivity index (χ3v) is 6.63. The molecule has 2 amide bonds. The number of carbonyl (C=O) groups excluding carboxylic acids is 2. The molecular weight excluding hydrogens is 488 g/mol. The van der Waals surface area contributed by atoms with Crippen molar-refractivity contribution < 1.29 is 23.8 Å². The number of benzene rings is 2. The van der Waals surface area contributed by atoms with Crippen LogP contribution in [0.5, 0.6) is 17.2 Å². The summed E-state index contributed by atoms with van der Waals surface area (Å²) in [7, 11) is 4.57. The summed E-state index contributed by atoms with van der Waals surface area (Å²) in [6.45, 7) is 0.569. The number of rotatable bonds is 12. The van der Waals surface area contributed by atoms with Crippen LogP contribution >= 0.6 is 23.1 Å². The molecule has 0 fully saturated rings. The van der Waals surface area contributed by atoms with Crippen molar-refractivity contribution in [1.82, 2.24) is 15.5 Å². The lowest BCUT2D eigenvalue weighted by atomic mass is 10.1. The van der Waals surface area contributed by atoms with Crippen LogP contribution in [-0.2, 0) is 16.0 Å². The maximum absolute atomic E-state index is 12.3. The molecule has 11 heteroatoms. The Kier molecular flexibility index (Phi) is 9.93. The van der Waals surface area contributed by atoms with Gasteiger partial charge >= 0.3 is 0 Å². The number of hydrogen-bond acceptors (Lipinski definition) is 9. The molecule has 0 saturated heterocycles. The Morgan fingerprint density at radius 3 is 2.40 bits per heavy atom. The highest BCUT2D eigenvalue weighted by Gasteiger charge is 2.13. The standard InChI is InChI=1S/C24H26N4O5S2/c1-31-18-13-17(14-19(32-2)22(18)33-3)9-10-20(29)26-23-27-28-24(35-23)34-15-21(30)25-12-11-16-7-5-4-6-8-16/h4-10,13-14H,11-12,15H2,1-3H3,(H,25,30)(H,26,27,29)/b10-9+. The number of aromatic nitrogens is 2. The molecule has 0 spiro atoms. The zero-order chi connectivity index (χ0) is 25.0. The van der Waals surface area contributed by atoms with Gasteiger partial charge in [0.1, 0.15) is 0 Å². The predicted molar refractivity (Wildman–Crippen MR) is 138 cm³/mol. The molecule has 9 nitrogen and oxygen atoms in total. The molecule has 184 valence electrons. The van der Waals surface area contributed by atoms with Gasteiger partial charge in [0.25, 0.3) is 0 Å². The third-order valence-electron chi connectivity index (χ3n) is 4.66. The normalized spacial score (nSPS) is 10.7. The van der Waals surface area contributed by atoms with Crippen molar-refractivity contribution in [3.05, 3.63) is 59.7 Å². The molecule has 0 radical (unpaired) electrons. The van der Waals surface area contributed by atoms with E-state index in [1.165, 1.54) is 56.1 Å². The van der Waals surface area contributed by atoms with E-state index in [4.69, 9.17) is 14.2 Å². The molecule has 35 heavy (non-hydrogen) atoms. The fourth-order valence-electron chi connectivity index (χ4n) is 3.00. The minimum atomic E-state index is -0.370. The Labute approximate surface area is 211 Å². The Hall–Kier alpha value is -3.57. The predicted octanol–water partition coefficient (Wildman–Crippen LogP) is 3.67. The van der Waals surface area contributed by atoms with Crippen LogP contribution in [0.4, 0.5) is 5.13 Å². The summed E-state index contributed by atoms with van der Waals surface area (Å²) in [6, 6.07) is 13.4. The van der Waals surface area contributed by atoms with Gasteiger partial charge in [0.15, 0.2) is 15.8 Å². The van der Waals surface area contributed by atoms with Crippen LogP contribution in [0.2, 0.25) is 0 Å². The Bertz CT molecular complexity index is 1140. The first-order chi connectivity index (χ1) is 17.0. The molecule has 0 bridgehead atoms. The van der Waals surface area contributed by atoms with E-state index in [2.05, 4.69) is 20.8 Å². The first-order valence-electron chi connectivity index (χ1n) is 10.6. The van der Waals surface area contributed by atoms with E-state index in [0.717, 1.165) is 6.42 Å². The van der Waals surface area contributed by atoms with Crippen LogP contribution in [0.15, 0.2) is 52.9 Å². The fourth-order valence-corrected chi connectivity index (χ4v) is 4.59. The van der Waals surface area contributed by atoms with E-state index < -0.39 is 0 Å². The summed E-state index contributed by atoms with van der Waals surface area (Å²) in [5.41, 5.74) is 1.87. The molecule has 0 atom stereocenters. The number of nitrogens with zero attached hydrogens (tertiary/aromatic N) is 2. The van der Waals surface area contributed by atoms with Crippen molar-refractivity contribution >= 4 is 46.1 Å². The monoisotopic (exact) mass is 514 g/mol. The number of thioether (sulfide) groups is 1. The second kappa shape index (κ2) is 13.4. The van der Waals surface area contributed by atoms with E-state index in [1.807, 2.05) is 30.3 Å². The maximum atomic E-state index is 12.3. The van der Waals surface area contributed by atoms with E-state index in [-0.39, 0.29) is 17.6 Å². The van der Waals surface area contributed by atoms with Crippen LogP contribution in [-0.4, -0.2) is 55.6 Å². The average molecular weight is 515 g/mol. The van der Waals surface area contributed by atoms with Crippen LogP contribution in [0.1, 0.15) is 11.1 Å². The van der Waals surface area contributed by atoms with Gasteiger partial charge in [0.2, 0.25) is 22.7 Å². The largest absolute Gasteiger partial charge is 0.493 e. The molecule has 3 aromatic rings. The van der Waals surface area contributed by atoms with Gasteiger partial charge in [0.05, 0.1) is 27.1 Å². The summed E-state index contributed by atoms with van der Waals surface area (Å²) >= 11 is 2.47. The van der Waals surface area contributed by atoms with Crippen LogP contribution in [0.25, 0.3) is 6.08 Å². The highest BCUT2D eigenvalue weighted by molar-refractivity contribution is 8.01. The molecular formula is C24H26N4O5S2. The number of anilines is 1. The van der Waals surface area contributed by atoms with Gasteiger partial charge in [-0.2, -0.15) is 0 Å². The van der Waals surface area contributed by atoms with Gasteiger partial charge in [-0.3, -0.25) is 14.9 Å². The highest BCUT2D eigenvalue weighted by Crippen LogP contribution is 2.38. The first kappa shape index (κ1) is 26.0. The number of ether oxygens (including phenoxy) is 3. The second-order valence-electron chi connectivity index (χ2n) is 7.03. The summed E-state index contributed by atoms with van der Waals surface area (Å²) in [4.78, 5) is 24.4. The van der Waals surface area contributed by atoms with Crippen molar-refractivity contribution in [3.63, 3.8) is 0 Å². The van der Waals surface area contributed by atoms with Gasteiger partial charge in [-0.05, 0) is 35.8 Å². The van der Waals surface area contributed by atoms with Crippen molar-refractivity contribution in [2.45, 2.75) is 10.8 Å². The van der Waals surface area contributed by atoms with Crippen LogP contribution in [0.3, 0.4) is 0 Å². The molecule has 3 rings (SSSR count). The number of nitrogens with one attached hydrogen (secondary N) is 2. The SMILES string of the molecule is COc1cc(/C=C/C(=O)Nc2nnc(SCC(=O)NCCc3ccccc3)s2)cc(OC)c1OC. The Balaban J connectivity index is 1.46. The molecule has 0 unspecified atom stereocenters. The molecule has 0 aliphatic carbocycles. The fraction of sp³-hybridized carbons (Fsp3) is 0.250. The smallest absolute Gasteiger partial charge is 0.250 e. The van der Waals surface area contributed by atoms with E-state index in [9.17, 15) is 9.59 Å². The molecule has 0 aliphatic heterocycles.